The first-order valence-corrected chi connectivity index (χ1v) is 9.78. The number of thiazole rings is 1. The molecule has 2 aromatic heterocycles. The van der Waals surface area contributed by atoms with Gasteiger partial charge in [-0.2, -0.15) is 0 Å². The first-order chi connectivity index (χ1) is 13.8. The zero-order valence-electron chi connectivity index (χ0n) is 14.8. The van der Waals surface area contributed by atoms with Crippen LogP contribution in [0.5, 0.6) is 0 Å². The zero-order valence-corrected chi connectivity index (χ0v) is 15.6. The molecule has 0 aliphatic carbocycles. The second-order valence-corrected chi connectivity index (χ2v) is 7.18. The number of para-hydroxylation sites is 1. The van der Waals surface area contributed by atoms with E-state index in [4.69, 9.17) is 9.97 Å². The number of rotatable bonds is 3. The van der Waals surface area contributed by atoms with E-state index in [1.165, 1.54) is 11.3 Å². The summed E-state index contributed by atoms with van der Waals surface area (Å²) in [6.45, 7) is 0. The summed E-state index contributed by atoms with van der Waals surface area (Å²) in [6.07, 6.45) is 0. The van der Waals surface area contributed by atoms with E-state index in [9.17, 15) is 4.79 Å². The molecule has 0 bridgehead atoms. The Morgan fingerprint density at radius 3 is 2.11 bits per heavy atom. The van der Waals surface area contributed by atoms with Crippen molar-refractivity contribution in [3.63, 3.8) is 0 Å². The van der Waals surface area contributed by atoms with Crippen molar-refractivity contribution < 1.29 is 0 Å². The molecule has 5 heteroatoms. The van der Waals surface area contributed by atoms with Crippen LogP contribution in [0.2, 0.25) is 0 Å². The average molecular weight is 381 g/mol. The van der Waals surface area contributed by atoms with Crippen LogP contribution in [-0.2, 0) is 0 Å². The van der Waals surface area contributed by atoms with Crippen molar-refractivity contribution in [2.75, 3.05) is 0 Å². The average Bonchev–Trinajstić information content (AvgIpc) is 3.25. The smallest absolute Gasteiger partial charge is 0.268 e. The summed E-state index contributed by atoms with van der Waals surface area (Å²) in [5.74, 6) is 0.596. The normalized spacial score (nSPS) is 11.0. The van der Waals surface area contributed by atoms with E-state index in [0.29, 0.717) is 21.9 Å². The van der Waals surface area contributed by atoms with E-state index in [1.54, 1.807) is 4.57 Å². The summed E-state index contributed by atoms with van der Waals surface area (Å²) in [4.78, 5) is 22.9. The highest BCUT2D eigenvalue weighted by atomic mass is 32.1. The van der Waals surface area contributed by atoms with E-state index >= 15 is 0 Å². The van der Waals surface area contributed by atoms with Crippen LogP contribution in [0.25, 0.3) is 38.7 Å². The van der Waals surface area contributed by atoms with Gasteiger partial charge in [0.25, 0.3) is 5.56 Å². The van der Waals surface area contributed by atoms with Gasteiger partial charge in [0.1, 0.15) is 5.82 Å². The monoisotopic (exact) mass is 381 g/mol. The number of nitrogens with zero attached hydrogens (tertiary/aromatic N) is 3. The fourth-order valence-electron chi connectivity index (χ4n) is 3.20. The molecule has 0 spiro atoms. The van der Waals surface area contributed by atoms with Gasteiger partial charge in [-0.1, -0.05) is 72.8 Å². The molecule has 0 amide bonds. The highest BCUT2D eigenvalue weighted by molar-refractivity contribution is 7.12. The van der Waals surface area contributed by atoms with Crippen molar-refractivity contribution in [3.8, 4) is 27.8 Å². The molecule has 0 aliphatic heterocycles. The van der Waals surface area contributed by atoms with Crippen LogP contribution in [0.1, 0.15) is 0 Å². The molecule has 3 aromatic carbocycles. The lowest BCUT2D eigenvalue weighted by molar-refractivity contribution is 0.961. The first kappa shape index (κ1) is 16.6. The van der Waals surface area contributed by atoms with Gasteiger partial charge in [0, 0.05) is 16.5 Å². The lowest BCUT2D eigenvalue weighted by Crippen LogP contribution is -2.21. The van der Waals surface area contributed by atoms with E-state index in [2.05, 4.69) is 0 Å². The van der Waals surface area contributed by atoms with E-state index in [-0.39, 0.29) is 5.56 Å². The van der Waals surface area contributed by atoms with Crippen molar-refractivity contribution in [1.29, 1.82) is 0 Å². The third-order valence-corrected chi connectivity index (χ3v) is 5.39. The minimum absolute atomic E-state index is 0.113. The van der Waals surface area contributed by atoms with E-state index in [0.717, 1.165) is 16.8 Å². The fourth-order valence-corrected chi connectivity index (χ4v) is 4.03. The Kier molecular flexibility index (Phi) is 4.07. The predicted octanol–water partition coefficient (Wildman–Crippen LogP) is 5.18. The quantitative estimate of drug-likeness (QED) is 0.433. The topological polar surface area (TPSA) is 47.8 Å². The summed E-state index contributed by atoms with van der Waals surface area (Å²) in [5, 5.41) is 3.17. The minimum atomic E-state index is -0.113. The Labute approximate surface area is 165 Å². The first-order valence-electron chi connectivity index (χ1n) is 8.90. The van der Waals surface area contributed by atoms with Gasteiger partial charge in [-0.25, -0.2) is 14.5 Å². The van der Waals surface area contributed by atoms with Gasteiger partial charge < -0.3 is 0 Å². The van der Waals surface area contributed by atoms with Gasteiger partial charge in [0.15, 0.2) is 5.13 Å². The highest BCUT2D eigenvalue weighted by Crippen LogP contribution is 2.27. The molecule has 28 heavy (non-hydrogen) atoms. The molecule has 0 unspecified atom stereocenters. The molecule has 0 radical (unpaired) electrons. The number of hydrogen-bond donors (Lipinski definition) is 0. The second-order valence-electron chi connectivity index (χ2n) is 6.34. The van der Waals surface area contributed by atoms with Gasteiger partial charge >= 0.3 is 0 Å². The molecule has 0 aliphatic rings. The molecule has 0 fully saturated rings. The fraction of sp³-hybridized carbons (Fsp3) is 0. The molecule has 0 N–H and O–H groups in total. The number of aromatic nitrogens is 3. The summed E-state index contributed by atoms with van der Waals surface area (Å²) in [7, 11) is 0. The van der Waals surface area contributed by atoms with Gasteiger partial charge in [0.05, 0.1) is 16.6 Å². The molecule has 0 atom stereocenters. The summed E-state index contributed by atoms with van der Waals surface area (Å²) < 4.78 is 1.62. The Morgan fingerprint density at radius 2 is 1.36 bits per heavy atom. The molecule has 4 nitrogen and oxygen atoms in total. The van der Waals surface area contributed by atoms with Gasteiger partial charge in [0.2, 0.25) is 0 Å². The third kappa shape index (κ3) is 2.82. The molecule has 0 saturated carbocycles. The van der Waals surface area contributed by atoms with Gasteiger partial charge in [-0.05, 0) is 12.1 Å². The summed E-state index contributed by atoms with van der Waals surface area (Å²) >= 11 is 1.44. The summed E-state index contributed by atoms with van der Waals surface area (Å²) in [6, 6.07) is 27.1. The second kappa shape index (κ2) is 6.87. The molecule has 0 saturated heterocycles. The zero-order chi connectivity index (χ0) is 18.9. The molecule has 5 rings (SSSR count). The van der Waals surface area contributed by atoms with Crippen molar-refractivity contribution in [2.45, 2.75) is 0 Å². The molecular weight excluding hydrogens is 366 g/mol. The maximum Gasteiger partial charge on any atom is 0.268 e. The van der Waals surface area contributed by atoms with Crippen LogP contribution in [0.15, 0.2) is 95.1 Å². The predicted molar refractivity (Wildman–Crippen MR) is 114 cm³/mol. The number of benzene rings is 3. The van der Waals surface area contributed by atoms with Crippen LogP contribution in [0, 0.1) is 0 Å². The van der Waals surface area contributed by atoms with Crippen LogP contribution < -0.4 is 5.56 Å². The van der Waals surface area contributed by atoms with Crippen LogP contribution >= 0.6 is 11.3 Å². The largest absolute Gasteiger partial charge is 0.268 e. The molecular formula is C23H15N3OS. The minimum Gasteiger partial charge on any atom is -0.268 e. The van der Waals surface area contributed by atoms with Gasteiger partial charge in [-0.15, -0.1) is 11.3 Å². The lowest BCUT2D eigenvalue weighted by Gasteiger charge is -2.11. The number of hydrogen-bond acceptors (Lipinski definition) is 4. The van der Waals surface area contributed by atoms with Crippen LogP contribution in [-0.4, -0.2) is 14.5 Å². The van der Waals surface area contributed by atoms with Gasteiger partial charge in [-0.3, -0.25) is 4.79 Å². The van der Waals surface area contributed by atoms with Crippen molar-refractivity contribution in [1.82, 2.24) is 14.5 Å². The third-order valence-electron chi connectivity index (χ3n) is 4.56. The van der Waals surface area contributed by atoms with E-state index in [1.807, 2.05) is 90.3 Å². The Balaban J connectivity index is 1.78. The Morgan fingerprint density at radius 1 is 0.714 bits per heavy atom. The SMILES string of the molecule is O=c1c2ccccc2nc(-c2ccccc2)n1-c1nc(-c2ccccc2)cs1. The maximum atomic E-state index is 13.4. The Hall–Kier alpha value is -3.57. The number of fused-ring (bicyclic) bond motifs is 1. The van der Waals surface area contributed by atoms with Crippen molar-refractivity contribution in [3.05, 3.63) is 101 Å². The van der Waals surface area contributed by atoms with Crippen molar-refractivity contribution >= 4 is 22.2 Å². The van der Waals surface area contributed by atoms with Crippen molar-refractivity contribution in [2.24, 2.45) is 0 Å². The van der Waals surface area contributed by atoms with Crippen LogP contribution in [0.4, 0.5) is 0 Å². The molecule has 2 heterocycles. The Bertz CT molecular complexity index is 1320. The summed E-state index contributed by atoms with van der Waals surface area (Å²) in [5.41, 5.74) is 3.32. The lowest BCUT2D eigenvalue weighted by atomic mass is 10.2. The van der Waals surface area contributed by atoms with E-state index < -0.39 is 0 Å². The standard InChI is InChI=1S/C23H15N3OS/c27-22-18-13-7-8-14-19(18)24-21(17-11-5-2-6-12-17)26(22)23-25-20(15-28-23)16-9-3-1-4-10-16/h1-15H. The molecule has 134 valence electrons. The van der Waals surface area contributed by atoms with Crippen LogP contribution in [0.3, 0.4) is 0 Å². The maximum absolute atomic E-state index is 13.4. The highest BCUT2D eigenvalue weighted by Gasteiger charge is 2.17. The molecule has 5 aromatic rings.